The standard InChI is InChI=1S/C15H14ClN5O3/c1-4-5-24-13-11(16)6-10(7-12(13)23-3)8-17-20-15-18-14(22)9(2)19-21-15/h1,6-8H,5H2,2-3H3,(H2,18,20,21,22)/b17-8-. The second-order valence-electron chi connectivity index (χ2n) is 4.49. The van der Waals surface area contributed by atoms with Crippen molar-refractivity contribution in [2.75, 3.05) is 19.1 Å². The predicted octanol–water partition coefficient (Wildman–Crippen LogP) is 1.59. The van der Waals surface area contributed by atoms with Crippen molar-refractivity contribution in [3.8, 4) is 23.8 Å². The summed E-state index contributed by atoms with van der Waals surface area (Å²) in [5, 5.41) is 11.7. The molecule has 1 heterocycles. The van der Waals surface area contributed by atoms with Gasteiger partial charge in [-0.3, -0.25) is 9.78 Å². The molecule has 24 heavy (non-hydrogen) atoms. The highest BCUT2D eigenvalue weighted by Crippen LogP contribution is 2.35. The Kier molecular flexibility index (Phi) is 5.76. The van der Waals surface area contributed by atoms with Gasteiger partial charge in [0.05, 0.1) is 18.3 Å². The monoisotopic (exact) mass is 347 g/mol. The number of nitrogens with zero attached hydrogens (tertiary/aromatic N) is 3. The Bertz CT molecular complexity index is 857. The number of methoxy groups -OCH3 is 1. The number of aromatic amines is 1. The topological polar surface area (TPSA) is 101 Å². The summed E-state index contributed by atoms with van der Waals surface area (Å²) < 4.78 is 10.6. The number of halogens is 1. The lowest BCUT2D eigenvalue weighted by Crippen LogP contribution is -2.15. The van der Waals surface area contributed by atoms with E-state index in [1.165, 1.54) is 13.3 Å². The van der Waals surface area contributed by atoms with E-state index < -0.39 is 0 Å². The molecule has 124 valence electrons. The minimum absolute atomic E-state index is 0.0739. The minimum atomic E-state index is -0.345. The number of ether oxygens (including phenoxy) is 2. The molecule has 0 fully saturated rings. The van der Waals surface area contributed by atoms with Crippen LogP contribution in [0.5, 0.6) is 11.5 Å². The first-order chi connectivity index (χ1) is 11.5. The molecule has 8 nitrogen and oxygen atoms in total. The smallest absolute Gasteiger partial charge is 0.274 e. The second kappa shape index (κ2) is 7.99. The van der Waals surface area contributed by atoms with Crippen LogP contribution in [-0.2, 0) is 0 Å². The van der Waals surface area contributed by atoms with Crippen molar-refractivity contribution in [3.05, 3.63) is 38.8 Å². The van der Waals surface area contributed by atoms with E-state index in [1.807, 2.05) is 0 Å². The molecule has 0 aliphatic rings. The normalized spacial score (nSPS) is 10.4. The maximum absolute atomic E-state index is 11.4. The molecule has 2 N–H and O–H groups in total. The summed E-state index contributed by atoms with van der Waals surface area (Å²) in [5.74, 6) is 3.25. The quantitative estimate of drug-likeness (QED) is 0.467. The van der Waals surface area contributed by atoms with Crippen molar-refractivity contribution in [2.24, 2.45) is 5.10 Å². The Labute approximate surface area is 142 Å². The van der Waals surface area contributed by atoms with E-state index in [4.69, 9.17) is 27.5 Å². The maximum Gasteiger partial charge on any atom is 0.274 e. The summed E-state index contributed by atoms with van der Waals surface area (Å²) in [6.45, 7) is 1.63. The van der Waals surface area contributed by atoms with Crippen LogP contribution in [0.15, 0.2) is 22.0 Å². The summed E-state index contributed by atoms with van der Waals surface area (Å²) in [6.07, 6.45) is 6.64. The Hall–Kier alpha value is -3.05. The van der Waals surface area contributed by atoms with E-state index in [1.54, 1.807) is 19.1 Å². The molecule has 0 aliphatic carbocycles. The number of hydrogen-bond donors (Lipinski definition) is 2. The zero-order valence-electron chi connectivity index (χ0n) is 13.0. The number of aromatic nitrogens is 3. The largest absolute Gasteiger partial charge is 0.493 e. The van der Waals surface area contributed by atoms with Crippen LogP contribution in [0.2, 0.25) is 5.02 Å². The zero-order valence-corrected chi connectivity index (χ0v) is 13.7. The Morgan fingerprint density at radius 1 is 1.50 bits per heavy atom. The van der Waals surface area contributed by atoms with Gasteiger partial charge < -0.3 is 9.47 Å². The number of H-pyrrole nitrogens is 1. The third-order valence-corrected chi connectivity index (χ3v) is 3.08. The van der Waals surface area contributed by atoms with Crippen LogP contribution in [-0.4, -0.2) is 35.1 Å². The van der Waals surface area contributed by atoms with Crippen LogP contribution in [0, 0.1) is 19.3 Å². The fourth-order valence-corrected chi connectivity index (χ4v) is 1.95. The van der Waals surface area contributed by atoms with Gasteiger partial charge in [0.15, 0.2) is 11.5 Å². The highest BCUT2D eigenvalue weighted by molar-refractivity contribution is 6.32. The summed E-state index contributed by atoms with van der Waals surface area (Å²) in [6, 6.07) is 3.30. The molecular formula is C15H14ClN5O3. The molecule has 2 aromatic rings. The number of aryl methyl sites for hydroxylation is 1. The molecule has 0 spiro atoms. The van der Waals surface area contributed by atoms with Gasteiger partial charge in [-0.25, -0.2) is 5.43 Å². The lowest BCUT2D eigenvalue weighted by Gasteiger charge is -2.11. The molecule has 0 aliphatic heterocycles. The average Bonchev–Trinajstić information content (AvgIpc) is 2.56. The highest BCUT2D eigenvalue weighted by atomic mass is 35.5. The maximum atomic E-state index is 11.4. The Morgan fingerprint density at radius 2 is 2.29 bits per heavy atom. The Morgan fingerprint density at radius 3 is 2.96 bits per heavy atom. The number of nitrogens with one attached hydrogen (secondary N) is 2. The van der Waals surface area contributed by atoms with Gasteiger partial charge in [0, 0.05) is 0 Å². The Balaban J connectivity index is 2.17. The van der Waals surface area contributed by atoms with Crippen LogP contribution in [0.1, 0.15) is 11.3 Å². The molecule has 2 rings (SSSR count). The first-order valence-electron chi connectivity index (χ1n) is 6.71. The lowest BCUT2D eigenvalue weighted by molar-refractivity contribution is 0.331. The van der Waals surface area contributed by atoms with Gasteiger partial charge in [0.1, 0.15) is 12.3 Å². The number of benzene rings is 1. The van der Waals surface area contributed by atoms with Crippen LogP contribution in [0.4, 0.5) is 5.95 Å². The van der Waals surface area contributed by atoms with Crippen LogP contribution >= 0.6 is 11.6 Å². The van der Waals surface area contributed by atoms with Crippen molar-refractivity contribution in [3.63, 3.8) is 0 Å². The molecular weight excluding hydrogens is 334 g/mol. The molecule has 0 atom stereocenters. The van der Waals surface area contributed by atoms with E-state index in [0.29, 0.717) is 22.1 Å². The summed E-state index contributed by atoms with van der Waals surface area (Å²) >= 11 is 6.16. The van der Waals surface area contributed by atoms with Gasteiger partial charge in [-0.05, 0) is 24.6 Å². The molecule has 0 radical (unpaired) electrons. The molecule has 0 saturated carbocycles. The van der Waals surface area contributed by atoms with Gasteiger partial charge in [0.25, 0.3) is 5.56 Å². The predicted molar refractivity (Wildman–Crippen MR) is 90.9 cm³/mol. The molecule has 1 aromatic carbocycles. The van der Waals surface area contributed by atoms with Crippen molar-refractivity contribution < 1.29 is 9.47 Å². The summed E-state index contributed by atoms with van der Waals surface area (Å²) in [5.41, 5.74) is 3.13. The zero-order chi connectivity index (χ0) is 17.5. The third kappa shape index (κ3) is 4.24. The van der Waals surface area contributed by atoms with E-state index in [0.717, 1.165) is 0 Å². The van der Waals surface area contributed by atoms with E-state index in [-0.39, 0.29) is 23.8 Å². The van der Waals surface area contributed by atoms with E-state index in [2.05, 4.69) is 31.6 Å². The van der Waals surface area contributed by atoms with Crippen LogP contribution in [0.3, 0.4) is 0 Å². The van der Waals surface area contributed by atoms with Crippen molar-refractivity contribution in [2.45, 2.75) is 6.92 Å². The number of hydrazone groups is 1. The van der Waals surface area contributed by atoms with Gasteiger partial charge in [0.2, 0.25) is 5.95 Å². The first-order valence-corrected chi connectivity index (χ1v) is 7.09. The lowest BCUT2D eigenvalue weighted by atomic mass is 10.2. The van der Waals surface area contributed by atoms with Crippen LogP contribution in [0.25, 0.3) is 0 Å². The SMILES string of the molecule is C#CCOc1c(Cl)cc(/C=N\Nc2nnc(C)c(=O)[nH]2)cc1OC. The number of terminal acetylenes is 1. The van der Waals surface area contributed by atoms with Crippen LogP contribution < -0.4 is 20.5 Å². The fraction of sp³-hybridized carbons (Fsp3) is 0.200. The number of anilines is 1. The highest BCUT2D eigenvalue weighted by Gasteiger charge is 2.11. The van der Waals surface area contributed by atoms with E-state index in [9.17, 15) is 4.79 Å². The van der Waals surface area contributed by atoms with Crippen molar-refractivity contribution in [1.82, 2.24) is 15.2 Å². The van der Waals surface area contributed by atoms with Crippen molar-refractivity contribution in [1.29, 1.82) is 0 Å². The summed E-state index contributed by atoms with van der Waals surface area (Å²) in [4.78, 5) is 13.9. The van der Waals surface area contributed by atoms with E-state index >= 15 is 0 Å². The number of rotatable bonds is 6. The third-order valence-electron chi connectivity index (χ3n) is 2.80. The molecule has 0 saturated heterocycles. The summed E-state index contributed by atoms with van der Waals surface area (Å²) in [7, 11) is 1.49. The average molecular weight is 348 g/mol. The minimum Gasteiger partial charge on any atom is -0.493 e. The second-order valence-corrected chi connectivity index (χ2v) is 4.89. The number of hydrogen-bond acceptors (Lipinski definition) is 7. The molecule has 1 aromatic heterocycles. The van der Waals surface area contributed by atoms with Gasteiger partial charge in [-0.15, -0.1) is 16.6 Å². The van der Waals surface area contributed by atoms with Gasteiger partial charge >= 0.3 is 0 Å². The molecule has 9 heteroatoms. The molecule has 0 unspecified atom stereocenters. The molecule has 0 amide bonds. The first kappa shape index (κ1) is 17.3. The van der Waals surface area contributed by atoms with Crippen molar-refractivity contribution >= 4 is 23.8 Å². The van der Waals surface area contributed by atoms with Gasteiger partial charge in [-0.2, -0.15) is 5.10 Å². The van der Waals surface area contributed by atoms with Gasteiger partial charge in [-0.1, -0.05) is 17.5 Å². The fourth-order valence-electron chi connectivity index (χ4n) is 1.68. The molecule has 0 bridgehead atoms.